The van der Waals surface area contributed by atoms with E-state index in [0.29, 0.717) is 33.7 Å². The Labute approximate surface area is 156 Å². The van der Waals surface area contributed by atoms with Gasteiger partial charge in [0.25, 0.3) is 5.91 Å². The lowest BCUT2D eigenvalue weighted by atomic mass is 10.1. The van der Waals surface area contributed by atoms with Gasteiger partial charge in [-0.3, -0.25) is 4.79 Å². The number of amides is 1. The number of halogens is 2. The predicted octanol–water partition coefficient (Wildman–Crippen LogP) is 4.31. The first-order valence-electron chi connectivity index (χ1n) is 7.61. The normalized spacial score (nSPS) is 11.1. The maximum atomic E-state index is 12.0. The lowest BCUT2D eigenvalue weighted by molar-refractivity contribution is -0.123. The SMILES string of the molecule is CC/C(=N/NC(=O)COc1ccccc1OC)c1ccc(Cl)c(Cl)c1. The first-order valence-corrected chi connectivity index (χ1v) is 8.37. The third kappa shape index (κ3) is 5.37. The first kappa shape index (κ1) is 19.1. The Hall–Kier alpha value is -2.24. The molecule has 0 heterocycles. The molecule has 0 fully saturated rings. The van der Waals surface area contributed by atoms with Gasteiger partial charge in [0.1, 0.15) is 0 Å². The molecule has 0 aliphatic carbocycles. The summed E-state index contributed by atoms with van der Waals surface area (Å²) in [5.41, 5.74) is 3.96. The maximum absolute atomic E-state index is 12.0. The van der Waals surface area contributed by atoms with E-state index in [1.54, 1.807) is 36.4 Å². The first-order chi connectivity index (χ1) is 12.0. The molecule has 2 aromatic carbocycles. The number of para-hydroxylation sites is 2. The van der Waals surface area contributed by atoms with Gasteiger partial charge in [0, 0.05) is 0 Å². The average molecular weight is 381 g/mol. The topological polar surface area (TPSA) is 59.9 Å². The molecule has 0 spiro atoms. The number of carbonyl (C=O) groups is 1. The molecule has 7 heteroatoms. The second-order valence-corrected chi connectivity index (χ2v) is 5.83. The van der Waals surface area contributed by atoms with E-state index in [1.807, 2.05) is 13.0 Å². The van der Waals surface area contributed by atoms with Crippen molar-refractivity contribution in [3.63, 3.8) is 0 Å². The molecule has 0 atom stereocenters. The van der Waals surface area contributed by atoms with Crippen LogP contribution in [-0.4, -0.2) is 25.3 Å². The number of benzene rings is 2. The zero-order valence-electron chi connectivity index (χ0n) is 13.9. The van der Waals surface area contributed by atoms with Gasteiger partial charge >= 0.3 is 0 Å². The molecule has 0 aliphatic rings. The van der Waals surface area contributed by atoms with Gasteiger partial charge < -0.3 is 9.47 Å². The van der Waals surface area contributed by atoms with Crippen LogP contribution in [0.25, 0.3) is 0 Å². The molecule has 0 aliphatic heterocycles. The highest BCUT2D eigenvalue weighted by Gasteiger charge is 2.08. The van der Waals surface area contributed by atoms with Gasteiger partial charge in [-0.1, -0.05) is 48.3 Å². The van der Waals surface area contributed by atoms with Crippen LogP contribution < -0.4 is 14.9 Å². The van der Waals surface area contributed by atoms with Crippen LogP contribution in [0.3, 0.4) is 0 Å². The van der Waals surface area contributed by atoms with Gasteiger partial charge in [-0.25, -0.2) is 5.43 Å². The molecular weight excluding hydrogens is 363 g/mol. The number of hydrazone groups is 1. The van der Waals surface area contributed by atoms with E-state index >= 15 is 0 Å². The second-order valence-electron chi connectivity index (χ2n) is 5.02. The third-order valence-electron chi connectivity index (χ3n) is 3.33. The number of nitrogens with one attached hydrogen (secondary N) is 1. The zero-order chi connectivity index (χ0) is 18.2. The lowest BCUT2D eigenvalue weighted by Gasteiger charge is -2.10. The fraction of sp³-hybridized carbons (Fsp3) is 0.222. The summed E-state index contributed by atoms with van der Waals surface area (Å²) in [6.45, 7) is 1.75. The highest BCUT2D eigenvalue weighted by atomic mass is 35.5. The molecule has 1 N–H and O–H groups in total. The number of methoxy groups -OCH3 is 1. The van der Waals surface area contributed by atoms with Gasteiger partial charge in [-0.05, 0) is 36.2 Å². The van der Waals surface area contributed by atoms with E-state index in [2.05, 4.69) is 10.5 Å². The lowest BCUT2D eigenvalue weighted by Crippen LogP contribution is -2.26. The fourth-order valence-electron chi connectivity index (χ4n) is 2.07. The summed E-state index contributed by atoms with van der Waals surface area (Å²) >= 11 is 11.9. The Balaban J connectivity index is 1.98. The molecule has 0 saturated carbocycles. The van der Waals surface area contributed by atoms with Crippen LogP contribution >= 0.6 is 23.2 Å². The molecule has 0 bridgehead atoms. The van der Waals surface area contributed by atoms with Crippen molar-refractivity contribution >= 4 is 34.8 Å². The smallest absolute Gasteiger partial charge is 0.277 e. The molecule has 0 saturated heterocycles. The summed E-state index contributed by atoms with van der Waals surface area (Å²) in [5.74, 6) is 0.671. The van der Waals surface area contributed by atoms with Crippen molar-refractivity contribution < 1.29 is 14.3 Å². The maximum Gasteiger partial charge on any atom is 0.277 e. The number of rotatable bonds is 7. The monoisotopic (exact) mass is 380 g/mol. The minimum atomic E-state index is -0.378. The summed E-state index contributed by atoms with van der Waals surface area (Å²) in [6, 6.07) is 12.3. The summed E-state index contributed by atoms with van der Waals surface area (Å²) in [7, 11) is 1.54. The number of hydrogen-bond donors (Lipinski definition) is 1. The van der Waals surface area contributed by atoms with E-state index < -0.39 is 0 Å². The van der Waals surface area contributed by atoms with Crippen molar-refractivity contribution in [1.82, 2.24) is 5.43 Å². The van der Waals surface area contributed by atoms with Gasteiger partial charge in [0.2, 0.25) is 0 Å². The van der Waals surface area contributed by atoms with Crippen LogP contribution in [0.15, 0.2) is 47.6 Å². The van der Waals surface area contributed by atoms with Crippen LogP contribution in [0.1, 0.15) is 18.9 Å². The third-order valence-corrected chi connectivity index (χ3v) is 4.07. The van der Waals surface area contributed by atoms with Crippen LogP contribution in [0, 0.1) is 0 Å². The molecule has 0 aromatic heterocycles. The predicted molar refractivity (Wildman–Crippen MR) is 99.9 cm³/mol. The Morgan fingerprint density at radius 3 is 2.48 bits per heavy atom. The summed E-state index contributed by atoms with van der Waals surface area (Å²) in [4.78, 5) is 12.0. The molecule has 1 amide bonds. The van der Waals surface area contributed by atoms with E-state index in [9.17, 15) is 4.79 Å². The molecular formula is C18H18Cl2N2O3. The number of nitrogens with zero attached hydrogens (tertiary/aromatic N) is 1. The van der Waals surface area contributed by atoms with Crippen LogP contribution in [-0.2, 0) is 4.79 Å². The van der Waals surface area contributed by atoms with Gasteiger partial charge in [0.15, 0.2) is 18.1 Å². The van der Waals surface area contributed by atoms with Crippen molar-refractivity contribution in [2.45, 2.75) is 13.3 Å². The fourth-order valence-corrected chi connectivity index (χ4v) is 2.36. The Kier molecular flexibility index (Phi) is 7.10. The van der Waals surface area contributed by atoms with Crippen LogP contribution in [0.4, 0.5) is 0 Å². The van der Waals surface area contributed by atoms with Gasteiger partial charge in [0.05, 0.1) is 22.9 Å². The van der Waals surface area contributed by atoms with E-state index in [-0.39, 0.29) is 12.5 Å². The molecule has 0 radical (unpaired) electrons. The minimum absolute atomic E-state index is 0.178. The summed E-state index contributed by atoms with van der Waals surface area (Å²) < 4.78 is 10.6. The summed E-state index contributed by atoms with van der Waals surface area (Å²) in [5, 5.41) is 5.05. The van der Waals surface area contributed by atoms with Crippen molar-refractivity contribution in [3.05, 3.63) is 58.1 Å². The van der Waals surface area contributed by atoms with Crippen LogP contribution in [0.2, 0.25) is 10.0 Å². The minimum Gasteiger partial charge on any atom is -0.493 e. The van der Waals surface area contributed by atoms with E-state index in [4.69, 9.17) is 32.7 Å². The molecule has 25 heavy (non-hydrogen) atoms. The average Bonchev–Trinajstić information content (AvgIpc) is 2.63. The molecule has 2 rings (SSSR count). The quantitative estimate of drug-likeness (QED) is 0.574. The van der Waals surface area contributed by atoms with Crippen molar-refractivity contribution in [3.8, 4) is 11.5 Å². The molecule has 2 aromatic rings. The highest BCUT2D eigenvalue weighted by molar-refractivity contribution is 6.42. The molecule has 5 nitrogen and oxygen atoms in total. The zero-order valence-corrected chi connectivity index (χ0v) is 15.4. The summed E-state index contributed by atoms with van der Waals surface area (Å²) in [6.07, 6.45) is 0.617. The Morgan fingerprint density at radius 1 is 1.12 bits per heavy atom. The Morgan fingerprint density at radius 2 is 1.84 bits per heavy atom. The van der Waals surface area contributed by atoms with Crippen LogP contribution in [0.5, 0.6) is 11.5 Å². The standard InChI is InChI=1S/C18H18Cl2N2O3/c1-3-15(12-8-9-13(19)14(20)10-12)21-22-18(23)11-25-17-7-5-4-6-16(17)24-2/h4-10H,3,11H2,1-2H3,(H,22,23)/b21-15-. The number of carbonyl (C=O) groups excluding carboxylic acids is 1. The van der Waals surface area contributed by atoms with E-state index in [0.717, 1.165) is 5.56 Å². The van der Waals surface area contributed by atoms with Crippen molar-refractivity contribution in [2.24, 2.45) is 5.10 Å². The Bertz CT molecular complexity index is 779. The number of ether oxygens (including phenoxy) is 2. The van der Waals surface area contributed by atoms with Crippen molar-refractivity contribution in [1.29, 1.82) is 0 Å². The van der Waals surface area contributed by atoms with Gasteiger partial charge in [-0.2, -0.15) is 5.10 Å². The molecule has 0 unspecified atom stereocenters. The number of hydrogen-bond acceptors (Lipinski definition) is 4. The molecule has 132 valence electrons. The highest BCUT2D eigenvalue weighted by Crippen LogP contribution is 2.25. The van der Waals surface area contributed by atoms with Crippen molar-refractivity contribution in [2.75, 3.05) is 13.7 Å². The largest absolute Gasteiger partial charge is 0.493 e. The van der Waals surface area contributed by atoms with E-state index in [1.165, 1.54) is 7.11 Å². The van der Waals surface area contributed by atoms with Gasteiger partial charge in [-0.15, -0.1) is 0 Å². The second kappa shape index (κ2) is 9.30.